The molecular weight excluding hydrogens is 254 g/mol. The van der Waals surface area contributed by atoms with E-state index < -0.39 is 0 Å². The van der Waals surface area contributed by atoms with Crippen LogP contribution in [0.5, 0.6) is 11.5 Å². The second-order valence-corrected chi connectivity index (χ2v) is 5.42. The summed E-state index contributed by atoms with van der Waals surface area (Å²) in [5, 5.41) is 3.29. The lowest BCUT2D eigenvalue weighted by Crippen LogP contribution is -2.22. The Morgan fingerprint density at radius 1 is 1.30 bits per heavy atom. The summed E-state index contributed by atoms with van der Waals surface area (Å²) in [4.78, 5) is 2.50. The molecule has 0 amide bonds. The lowest BCUT2D eigenvalue weighted by atomic mass is 10.2. The number of rotatable bonds is 5. The summed E-state index contributed by atoms with van der Waals surface area (Å²) in [5.74, 6) is 1.56. The van der Waals surface area contributed by atoms with Crippen molar-refractivity contribution < 1.29 is 9.47 Å². The van der Waals surface area contributed by atoms with Gasteiger partial charge in [0.25, 0.3) is 0 Å². The molecule has 3 N–H and O–H groups in total. The normalized spacial score (nSPS) is 18.2. The first kappa shape index (κ1) is 13.4. The van der Waals surface area contributed by atoms with Gasteiger partial charge in [-0.2, -0.15) is 0 Å². The summed E-state index contributed by atoms with van der Waals surface area (Å²) in [6, 6.07) is 3.74. The molecule has 0 aromatic heterocycles. The molecule has 5 heteroatoms. The second kappa shape index (κ2) is 6.22. The van der Waals surface area contributed by atoms with Crippen LogP contribution < -0.4 is 20.5 Å². The minimum absolute atomic E-state index is 0.668. The molecule has 110 valence electrons. The Morgan fingerprint density at radius 3 is 3.00 bits per heavy atom. The highest BCUT2D eigenvalue weighted by molar-refractivity contribution is 5.70. The average Bonchev–Trinajstić information content (AvgIpc) is 2.96. The number of ether oxygens (including phenoxy) is 2. The van der Waals surface area contributed by atoms with Crippen LogP contribution in [0.25, 0.3) is 0 Å². The first-order chi connectivity index (χ1) is 9.83. The molecule has 1 saturated heterocycles. The first-order valence-corrected chi connectivity index (χ1v) is 7.48. The van der Waals surface area contributed by atoms with Crippen molar-refractivity contribution in [1.82, 2.24) is 4.90 Å². The van der Waals surface area contributed by atoms with E-state index in [-0.39, 0.29) is 0 Å². The standard InChI is InChI=1S/C15H23N3O2/c16-12-10-13-15(20-9-4-17-13)14(11-12)19-8-3-7-18-5-1-2-6-18/h10-11,17H,1-9,16H2. The van der Waals surface area contributed by atoms with Crippen LogP contribution in [0.1, 0.15) is 19.3 Å². The molecule has 0 radical (unpaired) electrons. The number of nitrogens with one attached hydrogen (secondary N) is 1. The molecule has 0 atom stereocenters. The van der Waals surface area contributed by atoms with Gasteiger partial charge in [-0.05, 0) is 38.4 Å². The molecule has 0 bridgehead atoms. The highest BCUT2D eigenvalue weighted by atomic mass is 16.5. The Hall–Kier alpha value is -1.62. The van der Waals surface area contributed by atoms with E-state index in [2.05, 4.69) is 10.2 Å². The highest BCUT2D eigenvalue weighted by Crippen LogP contribution is 2.39. The third kappa shape index (κ3) is 3.10. The van der Waals surface area contributed by atoms with E-state index in [4.69, 9.17) is 15.2 Å². The van der Waals surface area contributed by atoms with Gasteiger partial charge in [-0.3, -0.25) is 0 Å². The molecule has 1 aromatic carbocycles. The van der Waals surface area contributed by atoms with Crippen LogP contribution in [0.3, 0.4) is 0 Å². The molecule has 2 aliphatic heterocycles. The molecule has 1 fully saturated rings. The average molecular weight is 277 g/mol. The maximum absolute atomic E-state index is 5.90. The van der Waals surface area contributed by atoms with Crippen molar-refractivity contribution >= 4 is 11.4 Å². The van der Waals surface area contributed by atoms with Crippen LogP contribution in [0.15, 0.2) is 12.1 Å². The van der Waals surface area contributed by atoms with E-state index in [9.17, 15) is 0 Å². The van der Waals surface area contributed by atoms with Crippen molar-refractivity contribution in [1.29, 1.82) is 0 Å². The zero-order valence-electron chi connectivity index (χ0n) is 11.9. The van der Waals surface area contributed by atoms with Crippen LogP contribution >= 0.6 is 0 Å². The van der Waals surface area contributed by atoms with E-state index in [1.165, 1.54) is 25.9 Å². The molecule has 5 nitrogen and oxygen atoms in total. The summed E-state index contributed by atoms with van der Waals surface area (Å²) in [6.45, 7) is 5.77. The zero-order valence-corrected chi connectivity index (χ0v) is 11.9. The number of likely N-dealkylation sites (tertiary alicyclic amines) is 1. The Bertz CT molecular complexity index is 459. The number of anilines is 2. The largest absolute Gasteiger partial charge is 0.489 e. The maximum Gasteiger partial charge on any atom is 0.184 e. The second-order valence-electron chi connectivity index (χ2n) is 5.42. The summed E-state index contributed by atoms with van der Waals surface area (Å²) in [7, 11) is 0. The van der Waals surface area contributed by atoms with E-state index >= 15 is 0 Å². The smallest absolute Gasteiger partial charge is 0.184 e. The van der Waals surface area contributed by atoms with Gasteiger partial charge in [-0.25, -0.2) is 0 Å². The van der Waals surface area contributed by atoms with Gasteiger partial charge < -0.3 is 25.4 Å². The fraction of sp³-hybridized carbons (Fsp3) is 0.600. The van der Waals surface area contributed by atoms with Crippen molar-refractivity contribution in [2.24, 2.45) is 0 Å². The van der Waals surface area contributed by atoms with Gasteiger partial charge in [0.2, 0.25) is 0 Å². The summed E-state index contributed by atoms with van der Waals surface area (Å²) in [5.41, 5.74) is 7.54. The van der Waals surface area contributed by atoms with Crippen LogP contribution in [-0.2, 0) is 0 Å². The topological polar surface area (TPSA) is 59.8 Å². The highest BCUT2D eigenvalue weighted by Gasteiger charge is 2.17. The van der Waals surface area contributed by atoms with Gasteiger partial charge in [0.15, 0.2) is 11.5 Å². The number of nitrogens with two attached hydrogens (primary N) is 1. The van der Waals surface area contributed by atoms with E-state index in [0.717, 1.165) is 36.7 Å². The van der Waals surface area contributed by atoms with Gasteiger partial charge in [-0.1, -0.05) is 0 Å². The molecular formula is C15H23N3O2. The summed E-state index contributed by atoms with van der Waals surface area (Å²) < 4.78 is 11.6. The maximum atomic E-state index is 5.90. The van der Waals surface area contributed by atoms with E-state index in [1.807, 2.05) is 12.1 Å². The molecule has 2 heterocycles. The molecule has 0 aliphatic carbocycles. The molecule has 2 aliphatic rings. The van der Waals surface area contributed by atoms with Gasteiger partial charge >= 0.3 is 0 Å². The molecule has 0 saturated carbocycles. The molecule has 0 spiro atoms. The van der Waals surface area contributed by atoms with Crippen LogP contribution in [0, 0.1) is 0 Å². The molecule has 20 heavy (non-hydrogen) atoms. The molecule has 0 unspecified atom stereocenters. The Labute approximate surface area is 120 Å². The fourth-order valence-corrected chi connectivity index (χ4v) is 2.83. The number of nitrogen functional groups attached to an aromatic ring is 1. The number of hydrogen-bond donors (Lipinski definition) is 2. The SMILES string of the molecule is Nc1cc2c(c(OCCCN3CCCC3)c1)OCCN2. The minimum atomic E-state index is 0.668. The predicted octanol–water partition coefficient (Wildman–Crippen LogP) is 1.94. The number of nitrogens with zero attached hydrogens (tertiary/aromatic N) is 1. The fourth-order valence-electron chi connectivity index (χ4n) is 2.83. The molecule has 3 rings (SSSR count). The van der Waals surface area contributed by atoms with E-state index in [0.29, 0.717) is 18.9 Å². The predicted molar refractivity (Wildman–Crippen MR) is 80.6 cm³/mol. The van der Waals surface area contributed by atoms with Crippen LogP contribution in [0.2, 0.25) is 0 Å². The monoisotopic (exact) mass is 277 g/mol. The van der Waals surface area contributed by atoms with Gasteiger partial charge in [0, 0.05) is 24.8 Å². The Balaban J connectivity index is 1.55. The van der Waals surface area contributed by atoms with Crippen molar-refractivity contribution in [3.05, 3.63) is 12.1 Å². The van der Waals surface area contributed by atoms with Crippen molar-refractivity contribution in [3.63, 3.8) is 0 Å². The van der Waals surface area contributed by atoms with E-state index in [1.54, 1.807) is 0 Å². The summed E-state index contributed by atoms with van der Waals surface area (Å²) in [6.07, 6.45) is 3.71. The third-order valence-corrected chi connectivity index (χ3v) is 3.82. The van der Waals surface area contributed by atoms with Crippen molar-refractivity contribution in [2.75, 3.05) is 50.4 Å². The lowest BCUT2D eigenvalue weighted by molar-refractivity contribution is 0.245. The number of fused-ring (bicyclic) bond motifs is 1. The van der Waals surface area contributed by atoms with Crippen molar-refractivity contribution in [2.45, 2.75) is 19.3 Å². The first-order valence-electron chi connectivity index (χ1n) is 7.48. The summed E-state index contributed by atoms with van der Waals surface area (Å²) >= 11 is 0. The number of hydrogen-bond acceptors (Lipinski definition) is 5. The van der Waals surface area contributed by atoms with Gasteiger partial charge in [0.05, 0.1) is 12.3 Å². The quantitative estimate of drug-likeness (QED) is 0.636. The third-order valence-electron chi connectivity index (χ3n) is 3.82. The van der Waals surface area contributed by atoms with Crippen LogP contribution in [0.4, 0.5) is 11.4 Å². The van der Waals surface area contributed by atoms with Gasteiger partial charge in [-0.15, -0.1) is 0 Å². The lowest BCUT2D eigenvalue weighted by Gasteiger charge is -2.22. The van der Waals surface area contributed by atoms with Crippen LogP contribution in [-0.4, -0.2) is 44.3 Å². The Morgan fingerprint density at radius 2 is 2.15 bits per heavy atom. The number of benzene rings is 1. The van der Waals surface area contributed by atoms with Gasteiger partial charge in [0.1, 0.15) is 6.61 Å². The Kier molecular flexibility index (Phi) is 4.16. The minimum Gasteiger partial charge on any atom is -0.489 e. The zero-order chi connectivity index (χ0) is 13.8. The van der Waals surface area contributed by atoms with Crippen molar-refractivity contribution in [3.8, 4) is 11.5 Å². The molecule has 1 aromatic rings.